The second-order valence-corrected chi connectivity index (χ2v) is 10.6. The molecule has 0 aromatic carbocycles. The molecular formula is C27H50N4O5. The van der Waals surface area contributed by atoms with Crippen molar-refractivity contribution >= 4 is 23.6 Å². The van der Waals surface area contributed by atoms with Gasteiger partial charge in [-0.1, -0.05) is 65.7 Å². The fraction of sp³-hybridized carbons (Fsp3) is 0.852. The summed E-state index contributed by atoms with van der Waals surface area (Å²) < 4.78 is 0. The monoisotopic (exact) mass is 510 g/mol. The number of unbranched alkanes of at least 4 members (excludes halogenated alkanes) is 1. The molecule has 4 amide bonds. The Hall–Kier alpha value is -2.16. The summed E-state index contributed by atoms with van der Waals surface area (Å²) in [5.74, 6) is -1.26. The van der Waals surface area contributed by atoms with E-state index in [1.54, 1.807) is 13.8 Å². The summed E-state index contributed by atoms with van der Waals surface area (Å²) in [4.78, 5) is 49.8. The van der Waals surface area contributed by atoms with Gasteiger partial charge in [-0.2, -0.15) is 0 Å². The average molecular weight is 511 g/mol. The van der Waals surface area contributed by atoms with Gasteiger partial charge in [-0.25, -0.2) is 0 Å². The molecule has 0 aromatic rings. The summed E-state index contributed by atoms with van der Waals surface area (Å²) in [6, 6.07) is -2.04. The van der Waals surface area contributed by atoms with Crippen LogP contribution in [0.1, 0.15) is 105 Å². The van der Waals surface area contributed by atoms with Crippen LogP contribution in [0.2, 0.25) is 0 Å². The van der Waals surface area contributed by atoms with Gasteiger partial charge in [-0.3, -0.25) is 19.2 Å². The van der Waals surface area contributed by atoms with Crippen LogP contribution >= 0.6 is 0 Å². The van der Waals surface area contributed by atoms with E-state index >= 15 is 0 Å². The summed E-state index contributed by atoms with van der Waals surface area (Å²) in [6.45, 7) is 9.56. The van der Waals surface area contributed by atoms with Crippen LogP contribution in [0.25, 0.3) is 0 Å². The molecule has 36 heavy (non-hydrogen) atoms. The maximum absolute atomic E-state index is 13.0. The highest BCUT2D eigenvalue weighted by Gasteiger charge is 2.30. The highest BCUT2D eigenvalue weighted by atomic mass is 16.3. The molecular weight excluding hydrogens is 460 g/mol. The quantitative estimate of drug-likeness (QED) is 0.320. The zero-order valence-electron chi connectivity index (χ0n) is 23.0. The van der Waals surface area contributed by atoms with Crippen molar-refractivity contribution in [2.75, 3.05) is 6.54 Å². The van der Waals surface area contributed by atoms with E-state index in [0.29, 0.717) is 25.3 Å². The van der Waals surface area contributed by atoms with Crippen LogP contribution in [0.15, 0.2) is 0 Å². The molecule has 1 aliphatic heterocycles. The van der Waals surface area contributed by atoms with E-state index < -0.39 is 30.1 Å². The molecule has 5 N–H and O–H groups in total. The fourth-order valence-corrected chi connectivity index (χ4v) is 4.63. The van der Waals surface area contributed by atoms with Gasteiger partial charge in [0.05, 0.1) is 12.1 Å². The van der Waals surface area contributed by atoms with Crippen LogP contribution in [0.3, 0.4) is 0 Å². The van der Waals surface area contributed by atoms with Gasteiger partial charge in [0.15, 0.2) is 0 Å². The van der Waals surface area contributed by atoms with Crippen molar-refractivity contribution in [3.8, 4) is 0 Å². The Morgan fingerprint density at radius 2 is 1.67 bits per heavy atom. The Kier molecular flexibility index (Phi) is 15.3. The maximum Gasteiger partial charge on any atom is 0.243 e. The molecule has 9 nitrogen and oxygen atoms in total. The number of aliphatic hydroxyl groups is 1. The number of carbonyl (C=O) groups is 4. The van der Waals surface area contributed by atoms with Gasteiger partial charge in [0.25, 0.3) is 0 Å². The van der Waals surface area contributed by atoms with Gasteiger partial charge in [-0.15, -0.1) is 0 Å². The number of hydrogen-bond donors (Lipinski definition) is 5. The van der Waals surface area contributed by atoms with Crippen molar-refractivity contribution in [2.24, 2.45) is 11.8 Å². The molecule has 0 radical (unpaired) electrons. The van der Waals surface area contributed by atoms with Crippen LogP contribution in [-0.2, 0) is 19.2 Å². The van der Waals surface area contributed by atoms with Crippen molar-refractivity contribution in [1.29, 1.82) is 0 Å². The molecule has 1 fully saturated rings. The molecule has 1 heterocycles. The first-order valence-corrected chi connectivity index (χ1v) is 13.9. The van der Waals surface area contributed by atoms with Gasteiger partial charge in [0.1, 0.15) is 12.1 Å². The number of aliphatic hydroxyl groups excluding tert-OH is 1. The Labute approximate surface area is 217 Å². The second-order valence-electron chi connectivity index (χ2n) is 10.6. The number of nitrogens with one attached hydrogen (secondary N) is 4. The van der Waals surface area contributed by atoms with Crippen molar-refractivity contribution < 1.29 is 24.3 Å². The summed E-state index contributed by atoms with van der Waals surface area (Å²) in [6.07, 6.45) is 8.35. The summed E-state index contributed by atoms with van der Waals surface area (Å²) >= 11 is 0. The van der Waals surface area contributed by atoms with Gasteiger partial charge in [0.2, 0.25) is 23.6 Å². The van der Waals surface area contributed by atoms with Crippen LogP contribution in [0.4, 0.5) is 0 Å². The van der Waals surface area contributed by atoms with Crippen LogP contribution in [0, 0.1) is 11.8 Å². The average Bonchev–Trinajstić information content (AvgIpc) is 2.81. The smallest absolute Gasteiger partial charge is 0.243 e. The first kappa shape index (κ1) is 31.9. The highest BCUT2D eigenvalue weighted by molar-refractivity contribution is 5.91. The summed E-state index contributed by atoms with van der Waals surface area (Å²) in [7, 11) is 0. The largest absolute Gasteiger partial charge is 0.391 e. The molecule has 1 rings (SSSR count). The summed E-state index contributed by atoms with van der Waals surface area (Å²) in [5.41, 5.74) is 0. The molecule has 9 heteroatoms. The topological polar surface area (TPSA) is 137 Å². The predicted octanol–water partition coefficient (Wildman–Crippen LogP) is 2.55. The molecule has 2 unspecified atom stereocenters. The van der Waals surface area contributed by atoms with E-state index in [2.05, 4.69) is 35.1 Å². The number of hydrogen-bond acceptors (Lipinski definition) is 5. The van der Waals surface area contributed by atoms with E-state index in [9.17, 15) is 24.3 Å². The zero-order chi connectivity index (χ0) is 27.1. The molecule has 0 spiro atoms. The Bertz CT molecular complexity index is 702. The molecule has 1 saturated heterocycles. The number of amides is 4. The van der Waals surface area contributed by atoms with Gasteiger partial charge in [-0.05, 0) is 38.5 Å². The van der Waals surface area contributed by atoms with Crippen LogP contribution < -0.4 is 21.3 Å². The Morgan fingerprint density at radius 3 is 2.31 bits per heavy atom. The van der Waals surface area contributed by atoms with E-state index in [1.165, 1.54) is 6.92 Å². The minimum atomic E-state index is -0.891. The lowest BCUT2D eigenvalue weighted by molar-refractivity contribution is -0.132. The van der Waals surface area contributed by atoms with E-state index in [0.717, 1.165) is 51.4 Å². The lowest BCUT2D eigenvalue weighted by Gasteiger charge is -2.30. The Morgan fingerprint density at radius 1 is 1.03 bits per heavy atom. The van der Waals surface area contributed by atoms with Crippen molar-refractivity contribution in [3.05, 3.63) is 0 Å². The molecule has 6 atom stereocenters. The molecule has 0 bridgehead atoms. The van der Waals surface area contributed by atoms with Crippen LogP contribution in [0.5, 0.6) is 0 Å². The van der Waals surface area contributed by atoms with E-state index in [-0.39, 0.29) is 30.1 Å². The van der Waals surface area contributed by atoms with Gasteiger partial charge >= 0.3 is 0 Å². The van der Waals surface area contributed by atoms with Crippen LogP contribution in [-0.4, -0.2) is 59.5 Å². The lowest BCUT2D eigenvalue weighted by atomic mass is 9.89. The zero-order valence-corrected chi connectivity index (χ0v) is 23.0. The molecule has 0 aromatic heterocycles. The third-order valence-electron chi connectivity index (χ3n) is 6.96. The molecule has 0 saturated carbocycles. The van der Waals surface area contributed by atoms with E-state index in [4.69, 9.17) is 0 Å². The molecule has 1 aliphatic rings. The third-order valence-corrected chi connectivity index (χ3v) is 6.96. The lowest BCUT2D eigenvalue weighted by Crippen LogP contribution is -2.55. The highest BCUT2D eigenvalue weighted by Crippen LogP contribution is 2.21. The second kappa shape index (κ2) is 17.3. The predicted molar refractivity (Wildman–Crippen MR) is 141 cm³/mol. The van der Waals surface area contributed by atoms with Gasteiger partial charge in [0, 0.05) is 19.4 Å². The first-order chi connectivity index (χ1) is 17.0. The SMILES string of the molecule is CCCCNC(=O)[C@@H](C)C[C@H](O)[C@@H]1C[C@H](C)CCCCCCCC(NC(C)=O)C(=O)NC(C)C(=O)N1. The minimum Gasteiger partial charge on any atom is -0.391 e. The number of carbonyl (C=O) groups excluding carboxylic acids is 4. The maximum atomic E-state index is 13.0. The van der Waals surface area contributed by atoms with Crippen molar-refractivity contribution in [2.45, 2.75) is 129 Å². The molecule has 208 valence electrons. The minimum absolute atomic E-state index is 0.0975. The number of rotatable bonds is 8. The fourth-order valence-electron chi connectivity index (χ4n) is 4.63. The van der Waals surface area contributed by atoms with E-state index in [1.807, 2.05) is 0 Å². The van der Waals surface area contributed by atoms with Gasteiger partial charge < -0.3 is 26.4 Å². The third kappa shape index (κ3) is 12.7. The standard InChI is InChI=1S/C27H50N4O5/c1-6-7-15-28-25(34)19(3)17-24(33)23-16-18(2)13-11-9-8-10-12-14-22(30-21(5)32)27(36)29-20(4)26(35)31-23/h18-20,22-24,33H,6-17H2,1-5H3,(H,28,34)(H,29,36)(H,30,32)(H,31,35)/t18-,19+,20?,22?,23+,24+/m1/s1. The summed E-state index contributed by atoms with van der Waals surface area (Å²) in [5, 5.41) is 22.3. The Balaban J connectivity index is 2.92. The normalized spacial score (nSPS) is 26.7. The van der Waals surface area contributed by atoms with Crippen molar-refractivity contribution in [1.82, 2.24) is 21.3 Å². The first-order valence-electron chi connectivity index (χ1n) is 13.9. The van der Waals surface area contributed by atoms with Crippen molar-refractivity contribution in [3.63, 3.8) is 0 Å². The molecule has 0 aliphatic carbocycles.